The Morgan fingerprint density at radius 3 is 3.07 bits per heavy atom. The molecule has 0 unspecified atom stereocenters. The van der Waals surface area contributed by atoms with Crippen LogP contribution in [0.25, 0.3) is 0 Å². The number of nitrogens with zero attached hydrogens (tertiary/aromatic N) is 4. The summed E-state index contributed by atoms with van der Waals surface area (Å²) >= 11 is 1.66. The van der Waals surface area contributed by atoms with Crippen LogP contribution in [-0.2, 0) is 13.0 Å². The van der Waals surface area contributed by atoms with Gasteiger partial charge in [-0.2, -0.15) is 0 Å². The van der Waals surface area contributed by atoms with Gasteiger partial charge in [-0.05, 0) is 6.92 Å². The number of aliphatic hydroxyl groups is 1. The maximum absolute atomic E-state index is 8.74. The molecule has 2 aromatic rings. The normalized spacial score (nSPS) is 10.8. The molecule has 80 valence electrons. The van der Waals surface area contributed by atoms with Crippen LogP contribution >= 0.6 is 11.3 Å². The maximum Gasteiger partial charge on any atom is 0.0897 e. The van der Waals surface area contributed by atoms with Gasteiger partial charge in [0.05, 0.1) is 17.2 Å². The number of thiazole rings is 1. The molecule has 0 fully saturated rings. The molecule has 0 amide bonds. The van der Waals surface area contributed by atoms with Crippen LogP contribution in [0.1, 0.15) is 15.6 Å². The molecule has 5 nitrogen and oxygen atoms in total. The molecule has 0 radical (unpaired) electrons. The summed E-state index contributed by atoms with van der Waals surface area (Å²) in [6.07, 6.45) is 4.26. The van der Waals surface area contributed by atoms with Gasteiger partial charge >= 0.3 is 0 Å². The Bertz CT molecular complexity index is 437. The van der Waals surface area contributed by atoms with Crippen molar-refractivity contribution in [2.45, 2.75) is 19.9 Å². The molecule has 2 heterocycles. The molecule has 0 aromatic carbocycles. The standard InChI is InChI=1S/C9H12N4OS/c1-7-10-4-9(15-7)6-13-5-8(2-3-14)11-12-13/h4-5,14H,2-3,6H2,1H3. The van der Waals surface area contributed by atoms with Gasteiger partial charge in [-0.3, -0.25) is 0 Å². The molecule has 0 saturated heterocycles. The van der Waals surface area contributed by atoms with E-state index in [0.29, 0.717) is 13.0 Å². The van der Waals surface area contributed by atoms with Crippen LogP contribution in [0.5, 0.6) is 0 Å². The van der Waals surface area contributed by atoms with E-state index in [-0.39, 0.29) is 6.61 Å². The highest BCUT2D eigenvalue weighted by Crippen LogP contribution is 2.12. The van der Waals surface area contributed by atoms with Gasteiger partial charge in [-0.1, -0.05) is 5.21 Å². The fraction of sp³-hybridized carbons (Fsp3) is 0.444. The number of rotatable bonds is 4. The predicted molar refractivity (Wildman–Crippen MR) is 56.8 cm³/mol. The molecular weight excluding hydrogens is 212 g/mol. The quantitative estimate of drug-likeness (QED) is 0.827. The Labute approximate surface area is 91.4 Å². The maximum atomic E-state index is 8.74. The van der Waals surface area contributed by atoms with E-state index in [2.05, 4.69) is 15.3 Å². The van der Waals surface area contributed by atoms with Crippen LogP contribution in [0.4, 0.5) is 0 Å². The second-order valence-corrected chi connectivity index (χ2v) is 4.55. The van der Waals surface area contributed by atoms with E-state index in [4.69, 9.17) is 5.11 Å². The molecule has 0 saturated carbocycles. The molecule has 0 aliphatic heterocycles. The zero-order valence-corrected chi connectivity index (χ0v) is 9.24. The van der Waals surface area contributed by atoms with Crippen molar-refractivity contribution in [2.75, 3.05) is 6.61 Å². The van der Waals surface area contributed by atoms with Crippen LogP contribution in [0.2, 0.25) is 0 Å². The first-order valence-electron chi connectivity index (χ1n) is 4.69. The van der Waals surface area contributed by atoms with Gasteiger partial charge in [0.25, 0.3) is 0 Å². The summed E-state index contributed by atoms with van der Waals surface area (Å²) in [4.78, 5) is 5.33. The van der Waals surface area contributed by atoms with Crippen molar-refractivity contribution in [3.8, 4) is 0 Å². The summed E-state index contributed by atoms with van der Waals surface area (Å²) in [6.45, 7) is 2.79. The highest BCUT2D eigenvalue weighted by molar-refractivity contribution is 7.11. The summed E-state index contributed by atoms with van der Waals surface area (Å²) in [5.41, 5.74) is 0.818. The fourth-order valence-electron chi connectivity index (χ4n) is 1.28. The van der Waals surface area contributed by atoms with Gasteiger partial charge in [0.15, 0.2) is 0 Å². The summed E-state index contributed by atoms with van der Waals surface area (Å²) in [5, 5.41) is 17.7. The van der Waals surface area contributed by atoms with Gasteiger partial charge in [0, 0.05) is 30.3 Å². The first-order chi connectivity index (χ1) is 7.28. The van der Waals surface area contributed by atoms with Gasteiger partial charge in [-0.25, -0.2) is 9.67 Å². The molecule has 2 aromatic heterocycles. The third-order valence-corrected chi connectivity index (χ3v) is 2.84. The largest absolute Gasteiger partial charge is 0.396 e. The molecule has 15 heavy (non-hydrogen) atoms. The van der Waals surface area contributed by atoms with E-state index in [1.807, 2.05) is 19.3 Å². The van der Waals surface area contributed by atoms with E-state index < -0.39 is 0 Å². The summed E-state index contributed by atoms with van der Waals surface area (Å²) in [6, 6.07) is 0. The molecule has 2 rings (SSSR count). The average Bonchev–Trinajstić information content (AvgIpc) is 2.78. The third kappa shape index (κ3) is 2.60. The molecule has 0 bridgehead atoms. The van der Waals surface area contributed by atoms with Crippen molar-refractivity contribution in [2.24, 2.45) is 0 Å². The van der Waals surface area contributed by atoms with Crippen molar-refractivity contribution < 1.29 is 5.11 Å². The van der Waals surface area contributed by atoms with E-state index in [1.54, 1.807) is 16.0 Å². The van der Waals surface area contributed by atoms with Crippen LogP contribution < -0.4 is 0 Å². The second kappa shape index (κ2) is 4.50. The van der Waals surface area contributed by atoms with E-state index in [9.17, 15) is 0 Å². The predicted octanol–water partition coefficient (Wildman–Crippen LogP) is 0.626. The Morgan fingerprint density at radius 2 is 2.40 bits per heavy atom. The van der Waals surface area contributed by atoms with Crippen molar-refractivity contribution >= 4 is 11.3 Å². The zero-order valence-electron chi connectivity index (χ0n) is 8.42. The minimum absolute atomic E-state index is 0.109. The highest BCUT2D eigenvalue weighted by atomic mass is 32.1. The minimum atomic E-state index is 0.109. The number of aromatic nitrogens is 4. The van der Waals surface area contributed by atoms with Gasteiger partial charge < -0.3 is 5.11 Å². The van der Waals surface area contributed by atoms with Crippen LogP contribution in [0.3, 0.4) is 0 Å². The van der Waals surface area contributed by atoms with E-state index in [1.165, 1.54) is 0 Å². The van der Waals surface area contributed by atoms with Gasteiger partial charge in [0.2, 0.25) is 0 Å². The van der Waals surface area contributed by atoms with Crippen LogP contribution in [0.15, 0.2) is 12.4 Å². The lowest BCUT2D eigenvalue weighted by molar-refractivity contribution is 0.298. The molecule has 0 spiro atoms. The van der Waals surface area contributed by atoms with E-state index >= 15 is 0 Å². The minimum Gasteiger partial charge on any atom is -0.396 e. The molecular formula is C9H12N4OS. The Kier molecular flexibility index (Phi) is 3.08. The molecule has 0 atom stereocenters. The van der Waals surface area contributed by atoms with Crippen molar-refractivity contribution in [1.82, 2.24) is 20.0 Å². The lowest BCUT2D eigenvalue weighted by atomic mass is 10.3. The third-order valence-electron chi connectivity index (χ3n) is 1.94. The monoisotopic (exact) mass is 224 g/mol. The van der Waals surface area contributed by atoms with Crippen molar-refractivity contribution in [1.29, 1.82) is 0 Å². The number of aliphatic hydroxyl groups excluding tert-OH is 1. The Balaban J connectivity index is 2.04. The smallest absolute Gasteiger partial charge is 0.0897 e. The highest BCUT2D eigenvalue weighted by Gasteiger charge is 2.03. The zero-order chi connectivity index (χ0) is 10.7. The van der Waals surface area contributed by atoms with Gasteiger partial charge in [0.1, 0.15) is 0 Å². The van der Waals surface area contributed by atoms with Crippen LogP contribution in [0, 0.1) is 6.92 Å². The topological polar surface area (TPSA) is 63.8 Å². The summed E-state index contributed by atoms with van der Waals surface area (Å²) < 4.78 is 1.76. The number of hydrogen-bond donors (Lipinski definition) is 1. The first kappa shape index (κ1) is 10.3. The fourth-order valence-corrected chi connectivity index (χ4v) is 2.07. The molecule has 6 heteroatoms. The SMILES string of the molecule is Cc1ncc(Cn2cc(CCO)nn2)s1. The second-order valence-electron chi connectivity index (χ2n) is 3.23. The Hall–Kier alpha value is -1.27. The molecule has 0 aliphatic carbocycles. The lowest BCUT2D eigenvalue weighted by Crippen LogP contribution is -1.98. The molecule has 0 aliphatic rings. The lowest BCUT2D eigenvalue weighted by Gasteiger charge is -1.94. The van der Waals surface area contributed by atoms with Gasteiger partial charge in [-0.15, -0.1) is 16.4 Å². The Morgan fingerprint density at radius 1 is 1.53 bits per heavy atom. The summed E-state index contributed by atoms with van der Waals surface area (Å²) in [5.74, 6) is 0. The summed E-state index contributed by atoms with van der Waals surface area (Å²) in [7, 11) is 0. The number of hydrogen-bond acceptors (Lipinski definition) is 5. The molecule has 1 N–H and O–H groups in total. The first-order valence-corrected chi connectivity index (χ1v) is 5.51. The van der Waals surface area contributed by atoms with Crippen LogP contribution in [-0.4, -0.2) is 31.7 Å². The average molecular weight is 224 g/mol. The number of aryl methyl sites for hydroxylation is 1. The van der Waals surface area contributed by atoms with Crippen molar-refractivity contribution in [3.05, 3.63) is 28.0 Å². The van der Waals surface area contributed by atoms with Crippen molar-refractivity contribution in [3.63, 3.8) is 0 Å². The van der Waals surface area contributed by atoms with E-state index in [0.717, 1.165) is 15.6 Å².